The molecule has 0 aliphatic heterocycles. The van der Waals surface area contributed by atoms with Gasteiger partial charge in [0.05, 0.1) is 0 Å². The molecule has 0 aromatic carbocycles. The predicted octanol–water partition coefficient (Wildman–Crippen LogP) is 1.68. The Bertz CT molecular complexity index is 647. The Morgan fingerprint density at radius 2 is 2.16 bits per heavy atom. The van der Waals surface area contributed by atoms with E-state index in [0.29, 0.717) is 16.6 Å². The van der Waals surface area contributed by atoms with E-state index in [-0.39, 0.29) is 0 Å². The number of nitrogens with one attached hydrogen (secondary N) is 2. The van der Waals surface area contributed by atoms with E-state index in [2.05, 4.69) is 20.2 Å². The third-order valence-electron chi connectivity index (χ3n) is 2.32. The number of nitrogens with zero attached hydrogens (tertiary/aromatic N) is 2. The maximum absolute atomic E-state index is 12.3. The lowest BCUT2D eigenvalue weighted by molar-refractivity contribution is 0.600. The summed E-state index contributed by atoms with van der Waals surface area (Å²) in [7, 11) is -1.81. The first-order valence-electron chi connectivity index (χ1n) is 5.63. The summed E-state index contributed by atoms with van der Waals surface area (Å²) < 4.78 is 27.0. The molecular formula is C10H14N4O2S3. The lowest BCUT2D eigenvalue weighted by atomic mass is 10.5. The summed E-state index contributed by atoms with van der Waals surface area (Å²) in [5.74, 6) is 0. The van der Waals surface area contributed by atoms with Gasteiger partial charge in [0.25, 0.3) is 10.0 Å². The molecule has 0 spiro atoms. The molecule has 2 N–H and O–H groups in total. The summed E-state index contributed by atoms with van der Waals surface area (Å²) >= 11 is 2.66. The Labute approximate surface area is 119 Å². The van der Waals surface area contributed by atoms with Gasteiger partial charge in [-0.3, -0.25) is 4.72 Å². The number of anilines is 1. The normalized spacial score (nSPS) is 11.7. The maximum Gasteiger partial charge on any atom is 0.264 e. The molecule has 2 aromatic heterocycles. The van der Waals surface area contributed by atoms with Crippen LogP contribution >= 0.6 is 22.7 Å². The molecule has 2 rings (SSSR count). The number of sulfonamides is 1. The molecule has 104 valence electrons. The second-order valence-corrected chi connectivity index (χ2v) is 7.41. The van der Waals surface area contributed by atoms with E-state index >= 15 is 0 Å². The average Bonchev–Trinajstić information content (AvgIpc) is 2.98. The van der Waals surface area contributed by atoms with Crippen molar-refractivity contribution in [1.82, 2.24) is 15.5 Å². The van der Waals surface area contributed by atoms with Gasteiger partial charge in [-0.15, -0.1) is 21.5 Å². The largest absolute Gasteiger partial charge is 0.315 e. The Morgan fingerprint density at radius 1 is 1.37 bits per heavy atom. The van der Waals surface area contributed by atoms with Crippen LogP contribution in [0.5, 0.6) is 0 Å². The van der Waals surface area contributed by atoms with Gasteiger partial charge in [0, 0.05) is 11.4 Å². The van der Waals surface area contributed by atoms with E-state index in [1.807, 2.05) is 6.92 Å². The van der Waals surface area contributed by atoms with Crippen LogP contribution in [0.3, 0.4) is 0 Å². The van der Waals surface area contributed by atoms with Crippen LogP contribution in [0.4, 0.5) is 5.13 Å². The average molecular weight is 318 g/mol. The molecule has 0 unspecified atom stereocenters. The third-order valence-corrected chi connectivity index (χ3v) is 5.91. The minimum absolute atomic E-state index is 0.292. The molecule has 0 saturated carbocycles. The van der Waals surface area contributed by atoms with Gasteiger partial charge in [-0.25, -0.2) is 8.42 Å². The molecular weight excluding hydrogens is 304 g/mol. The summed E-state index contributed by atoms with van der Waals surface area (Å²) in [6.45, 7) is 2.47. The molecule has 0 aliphatic rings. The lowest BCUT2D eigenvalue weighted by Crippen LogP contribution is -2.15. The molecule has 0 aliphatic carbocycles. The van der Waals surface area contributed by atoms with Crippen LogP contribution in [-0.2, 0) is 23.0 Å². The van der Waals surface area contributed by atoms with Crippen LogP contribution in [0.15, 0.2) is 16.3 Å². The minimum Gasteiger partial charge on any atom is -0.315 e. The Morgan fingerprint density at radius 3 is 2.79 bits per heavy atom. The van der Waals surface area contributed by atoms with Crippen molar-refractivity contribution in [2.75, 3.05) is 11.8 Å². The zero-order valence-corrected chi connectivity index (χ0v) is 13.0. The van der Waals surface area contributed by atoms with E-state index in [9.17, 15) is 8.42 Å². The summed E-state index contributed by atoms with van der Waals surface area (Å²) in [5, 5.41) is 13.5. The second-order valence-electron chi connectivity index (χ2n) is 3.70. The topological polar surface area (TPSA) is 84.0 Å². The molecule has 19 heavy (non-hydrogen) atoms. The van der Waals surface area contributed by atoms with Crippen LogP contribution in [0.25, 0.3) is 0 Å². The van der Waals surface area contributed by atoms with Crippen molar-refractivity contribution in [3.05, 3.63) is 21.3 Å². The van der Waals surface area contributed by atoms with Crippen molar-refractivity contribution >= 4 is 37.8 Å². The number of hydrogen-bond acceptors (Lipinski definition) is 7. The third kappa shape index (κ3) is 3.30. The van der Waals surface area contributed by atoms with E-state index in [1.54, 1.807) is 18.5 Å². The molecule has 0 saturated heterocycles. The highest BCUT2D eigenvalue weighted by atomic mass is 32.2. The molecule has 2 heterocycles. The van der Waals surface area contributed by atoms with Crippen molar-refractivity contribution in [1.29, 1.82) is 0 Å². The molecule has 0 amide bonds. The molecule has 2 aromatic rings. The van der Waals surface area contributed by atoms with Gasteiger partial charge < -0.3 is 5.32 Å². The van der Waals surface area contributed by atoms with E-state index in [0.717, 1.165) is 16.3 Å². The number of hydrogen-bond donors (Lipinski definition) is 2. The number of rotatable bonds is 6. The zero-order valence-electron chi connectivity index (χ0n) is 10.5. The molecule has 9 heteroatoms. The van der Waals surface area contributed by atoms with Crippen molar-refractivity contribution in [2.24, 2.45) is 0 Å². The zero-order chi connectivity index (χ0) is 13.9. The van der Waals surface area contributed by atoms with Gasteiger partial charge in [-0.05, 0) is 24.9 Å². The van der Waals surface area contributed by atoms with Crippen LogP contribution in [0.2, 0.25) is 0 Å². The van der Waals surface area contributed by atoms with Crippen LogP contribution in [0.1, 0.15) is 16.8 Å². The van der Waals surface area contributed by atoms with Crippen molar-refractivity contribution in [2.45, 2.75) is 24.8 Å². The van der Waals surface area contributed by atoms with Gasteiger partial charge in [0.1, 0.15) is 9.90 Å². The highest BCUT2D eigenvalue weighted by molar-refractivity contribution is 7.93. The summed E-state index contributed by atoms with van der Waals surface area (Å²) in [6.07, 6.45) is 0.739. The standard InChI is InChI=1S/C10H14N4O2S3/c1-3-9-12-13-10(18-9)14-19(15,16)8-4-5-17-7(8)6-11-2/h4-5,11H,3,6H2,1-2H3,(H,13,14). The van der Waals surface area contributed by atoms with Gasteiger partial charge in [0.2, 0.25) is 5.13 Å². The maximum atomic E-state index is 12.3. The van der Waals surface area contributed by atoms with Gasteiger partial charge in [-0.2, -0.15) is 0 Å². The van der Waals surface area contributed by atoms with Gasteiger partial charge in [-0.1, -0.05) is 18.3 Å². The molecule has 0 atom stereocenters. The number of aryl methyl sites for hydroxylation is 1. The van der Waals surface area contributed by atoms with E-state index in [1.165, 1.54) is 22.7 Å². The Balaban J connectivity index is 2.24. The predicted molar refractivity (Wildman–Crippen MR) is 77.2 cm³/mol. The fraction of sp³-hybridized carbons (Fsp3) is 0.400. The fourth-order valence-corrected chi connectivity index (χ4v) is 4.83. The second kappa shape index (κ2) is 5.95. The van der Waals surface area contributed by atoms with Crippen LogP contribution in [0, 0.1) is 0 Å². The van der Waals surface area contributed by atoms with Gasteiger partial charge in [0.15, 0.2) is 0 Å². The van der Waals surface area contributed by atoms with Crippen LogP contribution in [-0.4, -0.2) is 25.7 Å². The van der Waals surface area contributed by atoms with Crippen molar-refractivity contribution in [3.8, 4) is 0 Å². The Kier molecular flexibility index (Phi) is 4.50. The van der Waals surface area contributed by atoms with Crippen LogP contribution < -0.4 is 10.0 Å². The first-order valence-corrected chi connectivity index (χ1v) is 8.81. The van der Waals surface area contributed by atoms with Crippen molar-refractivity contribution in [3.63, 3.8) is 0 Å². The van der Waals surface area contributed by atoms with Gasteiger partial charge >= 0.3 is 0 Å². The Hall–Kier alpha value is -1.03. The first-order chi connectivity index (χ1) is 9.06. The first kappa shape index (κ1) is 14.4. The number of aromatic nitrogens is 2. The van der Waals surface area contributed by atoms with Crippen molar-refractivity contribution < 1.29 is 8.42 Å². The monoisotopic (exact) mass is 318 g/mol. The highest BCUT2D eigenvalue weighted by Crippen LogP contribution is 2.25. The smallest absolute Gasteiger partial charge is 0.264 e. The fourth-order valence-electron chi connectivity index (χ4n) is 1.47. The molecule has 6 nitrogen and oxygen atoms in total. The molecule has 0 fully saturated rings. The quantitative estimate of drug-likeness (QED) is 0.846. The summed E-state index contributed by atoms with van der Waals surface area (Å²) in [4.78, 5) is 1.07. The molecule has 0 radical (unpaired) electrons. The van der Waals surface area contributed by atoms with E-state index < -0.39 is 10.0 Å². The van der Waals surface area contributed by atoms with E-state index in [4.69, 9.17) is 0 Å². The summed E-state index contributed by atoms with van der Waals surface area (Å²) in [6, 6.07) is 1.60. The number of thiophene rings is 1. The highest BCUT2D eigenvalue weighted by Gasteiger charge is 2.21. The summed E-state index contributed by atoms with van der Waals surface area (Å²) in [5.41, 5.74) is 0. The SMILES string of the molecule is CCc1nnc(NS(=O)(=O)c2ccsc2CNC)s1. The molecule has 0 bridgehead atoms. The lowest BCUT2D eigenvalue weighted by Gasteiger charge is -2.05. The minimum atomic E-state index is -3.59.